The predicted molar refractivity (Wildman–Crippen MR) is 90.2 cm³/mol. The van der Waals surface area contributed by atoms with Gasteiger partial charge >= 0.3 is 17.9 Å². The van der Waals surface area contributed by atoms with Crippen LogP contribution in [0.4, 0.5) is 0 Å². The number of carboxylic acid groups (broad SMARTS) is 2. The Bertz CT molecular complexity index is 671. The van der Waals surface area contributed by atoms with Gasteiger partial charge in [0, 0.05) is 5.92 Å². The number of aliphatic hydroxyl groups excluding tert-OH is 1. The summed E-state index contributed by atoms with van der Waals surface area (Å²) in [7, 11) is 0. The van der Waals surface area contributed by atoms with Gasteiger partial charge in [0.05, 0.1) is 17.3 Å². The Labute approximate surface area is 152 Å². The number of carboxylic acids is 2. The number of aliphatic hydroxyl groups is 1. The van der Waals surface area contributed by atoms with Crippen LogP contribution in [0.2, 0.25) is 0 Å². The molecule has 146 valence electrons. The minimum absolute atomic E-state index is 0.220. The summed E-state index contributed by atoms with van der Waals surface area (Å²) in [5.41, 5.74) is -4.10. The van der Waals surface area contributed by atoms with E-state index in [4.69, 9.17) is 4.74 Å². The molecule has 2 aliphatic carbocycles. The molecular weight excluding hydrogens is 340 g/mol. The summed E-state index contributed by atoms with van der Waals surface area (Å²) >= 11 is 0. The topological polar surface area (TPSA) is 121 Å². The number of hydrogen-bond donors (Lipinski definition) is 3. The van der Waals surface area contributed by atoms with Crippen LogP contribution in [0, 0.1) is 28.1 Å². The van der Waals surface area contributed by atoms with Crippen molar-refractivity contribution in [1.82, 2.24) is 0 Å². The summed E-state index contributed by atoms with van der Waals surface area (Å²) in [5.74, 6) is -3.21. The van der Waals surface area contributed by atoms with Gasteiger partial charge in [-0.15, -0.1) is 0 Å². The molecule has 0 unspecified atom stereocenters. The lowest BCUT2D eigenvalue weighted by atomic mass is 9.44. The van der Waals surface area contributed by atoms with Gasteiger partial charge in [0.2, 0.25) is 0 Å². The molecule has 1 saturated heterocycles. The third-order valence-electron chi connectivity index (χ3n) is 7.73. The quantitative estimate of drug-likeness (QED) is 0.649. The van der Waals surface area contributed by atoms with Crippen molar-refractivity contribution in [3.8, 4) is 0 Å². The average molecular weight is 368 g/mol. The van der Waals surface area contributed by atoms with Gasteiger partial charge in [-0.05, 0) is 57.8 Å². The van der Waals surface area contributed by atoms with E-state index in [-0.39, 0.29) is 6.42 Å². The molecule has 2 saturated carbocycles. The number of fused-ring (bicyclic) bond motifs is 1. The van der Waals surface area contributed by atoms with Crippen LogP contribution in [-0.2, 0) is 19.1 Å². The molecule has 3 rings (SSSR count). The second kappa shape index (κ2) is 5.44. The van der Waals surface area contributed by atoms with E-state index >= 15 is 0 Å². The molecule has 1 spiro atoms. The Kier molecular flexibility index (Phi) is 4.00. The number of carbonyl (C=O) groups excluding carboxylic acids is 1. The van der Waals surface area contributed by atoms with Gasteiger partial charge in [-0.3, -0.25) is 14.4 Å². The van der Waals surface area contributed by atoms with E-state index in [1.807, 2.05) is 0 Å². The average Bonchev–Trinajstić information content (AvgIpc) is 2.62. The van der Waals surface area contributed by atoms with Crippen molar-refractivity contribution in [3.63, 3.8) is 0 Å². The SMILES string of the molecule is CC(C)(C(=O)O)[C@H]1CC[C@@]23OC(=O)[C@@](C)(CC[C@H]2[C@]1(C)CC(=O)O)[C@H]3O. The first-order valence-electron chi connectivity index (χ1n) is 9.19. The maximum absolute atomic E-state index is 12.5. The van der Waals surface area contributed by atoms with Gasteiger partial charge < -0.3 is 20.1 Å². The van der Waals surface area contributed by atoms with E-state index in [0.29, 0.717) is 25.7 Å². The molecule has 0 aromatic rings. The van der Waals surface area contributed by atoms with Gasteiger partial charge in [0.15, 0.2) is 0 Å². The number of esters is 1. The Morgan fingerprint density at radius 1 is 1.19 bits per heavy atom. The Morgan fingerprint density at radius 2 is 1.81 bits per heavy atom. The molecule has 3 fully saturated rings. The molecule has 3 aliphatic rings. The summed E-state index contributed by atoms with van der Waals surface area (Å²) in [6, 6.07) is 0. The highest BCUT2D eigenvalue weighted by molar-refractivity contribution is 5.81. The molecule has 0 aromatic carbocycles. The van der Waals surface area contributed by atoms with Gasteiger partial charge in [-0.25, -0.2) is 0 Å². The van der Waals surface area contributed by atoms with Gasteiger partial charge in [0.25, 0.3) is 0 Å². The van der Waals surface area contributed by atoms with Crippen molar-refractivity contribution in [1.29, 1.82) is 0 Å². The minimum atomic E-state index is -1.12. The fraction of sp³-hybridized carbons (Fsp3) is 0.842. The highest BCUT2D eigenvalue weighted by atomic mass is 16.6. The fourth-order valence-corrected chi connectivity index (χ4v) is 6.28. The standard InChI is InChI=1S/C19H28O7/c1-16(2,14(23)24)10-6-8-19-11(18(10,4)9-12(20)21)5-7-17(3,13(19)22)15(25)26-19/h10-11,13,22H,5-9H2,1-4H3,(H,20,21)(H,23,24)/t10-,11+,13-,17+,18-,19-/m1/s1. The zero-order chi connectivity index (χ0) is 19.7. The molecule has 6 atom stereocenters. The summed E-state index contributed by atoms with van der Waals surface area (Å²) in [5, 5.41) is 30.3. The Hall–Kier alpha value is -1.63. The second-order valence-electron chi connectivity index (χ2n) is 9.45. The predicted octanol–water partition coefficient (Wildman–Crippen LogP) is 2.06. The summed E-state index contributed by atoms with van der Waals surface area (Å²) in [6.45, 7) is 6.75. The zero-order valence-corrected chi connectivity index (χ0v) is 15.7. The van der Waals surface area contributed by atoms with Crippen LogP contribution in [0.1, 0.15) is 59.8 Å². The fourth-order valence-electron chi connectivity index (χ4n) is 6.28. The van der Waals surface area contributed by atoms with E-state index < -0.39 is 57.7 Å². The van der Waals surface area contributed by atoms with E-state index in [0.717, 1.165) is 0 Å². The Balaban J connectivity index is 2.11. The number of ether oxygens (including phenoxy) is 1. The van der Waals surface area contributed by atoms with Crippen LogP contribution in [0.25, 0.3) is 0 Å². The van der Waals surface area contributed by atoms with Crippen molar-refractivity contribution in [2.75, 3.05) is 0 Å². The molecule has 7 heteroatoms. The lowest BCUT2D eigenvalue weighted by Crippen LogP contribution is -2.65. The summed E-state index contributed by atoms with van der Waals surface area (Å²) in [4.78, 5) is 36.0. The molecule has 1 aliphatic heterocycles. The molecule has 0 radical (unpaired) electrons. The third kappa shape index (κ3) is 2.19. The highest BCUT2D eigenvalue weighted by Gasteiger charge is 2.73. The van der Waals surface area contributed by atoms with Crippen LogP contribution in [-0.4, -0.2) is 44.9 Å². The van der Waals surface area contributed by atoms with Crippen molar-refractivity contribution in [2.24, 2.45) is 28.1 Å². The molecule has 0 aromatic heterocycles. The monoisotopic (exact) mass is 368 g/mol. The molecule has 3 N–H and O–H groups in total. The molecular formula is C19H28O7. The van der Waals surface area contributed by atoms with Crippen LogP contribution < -0.4 is 0 Å². The van der Waals surface area contributed by atoms with E-state index in [1.165, 1.54) is 0 Å². The van der Waals surface area contributed by atoms with Crippen LogP contribution in [0.5, 0.6) is 0 Å². The molecule has 2 bridgehead atoms. The van der Waals surface area contributed by atoms with E-state index in [9.17, 15) is 29.7 Å². The third-order valence-corrected chi connectivity index (χ3v) is 7.73. The first-order valence-corrected chi connectivity index (χ1v) is 9.19. The first-order chi connectivity index (χ1) is 11.8. The second-order valence-corrected chi connectivity index (χ2v) is 9.45. The molecule has 26 heavy (non-hydrogen) atoms. The number of hydrogen-bond acceptors (Lipinski definition) is 5. The maximum Gasteiger partial charge on any atom is 0.315 e. The van der Waals surface area contributed by atoms with Crippen molar-refractivity contribution >= 4 is 17.9 Å². The van der Waals surface area contributed by atoms with Gasteiger partial charge in [-0.1, -0.05) is 6.92 Å². The largest absolute Gasteiger partial charge is 0.481 e. The van der Waals surface area contributed by atoms with Crippen LogP contribution in [0.3, 0.4) is 0 Å². The summed E-state index contributed by atoms with van der Waals surface area (Å²) in [6.07, 6.45) is 0.478. The smallest absolute Gasteiger partial charge is 0.315 e. The first kappa shape index (κ1) is 19.1. The zero-order valence-electron chi connectivity index (χ0n) is 15.7. The van der Waals surface area contributed by atoms with Gasteiger partial charge in [-0.2, -0.15) is 0 Å². The van der Waals surface area contributed by atoms with Crippen LogP contribution >= 0.6 is 0 Å². The number of aliphatic carboxylic acids is 2. The minimum Gasteiger partial charge on any atom is -0.481 e. The molecule has 1 heterocycles. The van der Waals surface area contributed by atoms with Crippen molar-refractivity contribution < 1.29 is 34.4 Å². The molecule has 7 nitrogen and oxygen atoms in total. The normalized spacial score (nSPS) is 45.0. The maximum atomic E-state index is 12.5. The van der Waals surface area contributed by atoms with E-state index in [2.05, 4.69) is 0 Å². The van der Waals surface area contributed by atoms with Crippen molar-refractivity contribution in [3.05, 3.63) is 0 Å². The van der Waals surface area contributed by atoms with E-state index in [1.54, 1.807) is 27.7 Å². The Morgan fingerprint density at radius 3 is 2.35 bits per heavy atom. The number of carbonyl (C=O) groups is 3. The lowest BCUT2D eigenvalue weighted by molar-refractivity contribution is -0.215. The van der Waals surface area contributed by atoms with Crippen molar-refractivity contribution in [2.45, 2.75) is 71.5 Å². The molecule has 0 amide bonds. The van der Waals surface area contributed by atoms with Gasteiger partial charge in [0.1, 0.15) is 11.7 Å². The van der Waals surface area contributed by atoms with Crippen LogP contribution in [0.15, 0.2) is 0 Å². The highest BCUT2D eigenvalue weighted by Crippen LogP contribution is 2.67. The lowest BCUT2D eigenvalue weighted by Gasteiger charge is -2.60. The summed E-state index contributed by atoms with van der Waals surface area (Å²) < 4.78 is 5.76. The number of rotatable bonds is 4.